The number of nitrogen functional groups attached to an aromatic ring is 1. The SMILES string of the molecule is Nc1cc(Br)ccc1S(=O)(=O)CCc1ccncc1. The lowest BCUT2D eigenvalue weighted by Gasteiger charge is -2.08. The zero-order valence-corrected chi connectivity index (χ0v) is 12.5. The second kappa shape index (κ2) is 5.71. The van der Waals surface area contributed by atoms with Crippen molar-refractivity contribution < 1.29 is 8.42 Å². The van der Waals surface area contributed by atoms with E-state index < -0.39 is 9.84 Å². The van der Waals surface area contributed by atoms with Gasteiger partial charge in [0, 0.05) is 16.9 Å². The molecular formula is C13H13BrN2O2S. The van der Waals surface area contributed by atoms with Crippen LogP contribution < -0.4 is 5.73 Å². The number of aromatic nitrogens is 1. The largest absolute Gasteiger partial charge is 0.398 e. The molecule has 0 fully saturated rings. The molecule has 0 spiro atoms. The van der Waals surface area contributed by atoms with Crippen molar-refractivity contribution in [1.82, 2.24) is 4.98 Å². The zero-order chi connectivity index (χ0) is 13.9. The van der Waals surface area contributed by atoms with Crippen molar-refractivity contribution >= 4 is 31.5 Å². The van der Waals surface area contributed by atoms with Gasteiger partial charge in [-0.2, -0.15) is 0 Å². The highest BCUT2D eigenvalue weighted by Crippen LogP contribution is 2.24. The van der Waals surface area contributed by atoms with E-state index in [2.05, 4.69) is 20.9 Å². The quantitative estimate of drug-likeness (QED) is 0.867. The van der Waals surface area contributed by atoms with Gasteiger partial charge in [-0.3, -0.25) is 4.98 Å². The standard InChI is InChI=1S/C13H13BrN2O2S/c14-11-1-2-13(12(15)9-11)19(17,18)8-5-10-3-6-16-7-4-10/h1-4,6-7,9H,5,8,15H2. The number of hydrogen-bond donors (Lipinski definition) is 1. The second-order valence-corrected chi connectivity index (χ2v) is 7.10. The molecule has 6 heteroatoms. The number of rotatable bonds is 4. The molecule has 2 aromatic rings. The summed E-state index contributed by atoms with van der Waals surface area (Å²) in [6, 6.07) is 8.41. The maximum absolute atomic E-state index is 12.2. The molecule has 0 radical (unpaired) electrons. The van der Waals surface area contributed by atoms with Gasteiger partial charge >= 0.3 is 0 Å². The van der Waals surface area contributed by atoms with Crippen LogP contribution in [0.15, 0.2) is 52.1 Å². The maximum atomic E-state index is 12.2. The maximum Gasteiger partial charge on any atom is 0.180 e. The van der Waals surface area contributed by atoms with Gasteiger partial charge in [0.2, 0.25) is 0 Å². The highest BCUT2D eigenvalue weighted by molar-refractivity contribution is 9.10. The normalized spacial score (nSPS) is 11.4. The molecule has 0 saturated carbocycles. The van der Waals surface area contributed by atoms with Gasteiger partial charge in [0.1, 0.15) is 0 Å². The Kier molecular flexibility index (Phi) is 4.21. The molecule has 2 rings (SSSR count). The van der Waals surface area contributed by atoms with E-state index in [1.54, 1.807) is 36.7 Å². The Morgan fingerprint density at radius 1 is 1.16 bits per heavy atom. The first-order chi connectivity index (χ1) is 8.99. The molecule has 0 aliphatic rings. The van der Waals surface area contributed by atoms with E-state index in [-0.39, 0.29) is 16.3 Å². The van der Waals surface area contributed by atoms with E-state index in [0.29, 0.717) is 6.42 Å². The first-order valence-electron chi connectivity index (χ1n) is 5.66. The van der Waals surface area contributed by atoms with Crippen LogP contribution in [-0.2, 0) is 16.3 Å². The smallest absolute Gasteiger partial charge is 0.180 e. The van der Waals surface area contributed by atoms with Gasteiger partial charge in [0.05, 0.1) is 16.3 Å². The van der Waals surface area contributed by atoms with Crippen LogP contribution >= 0.6 is 15.9 Å². The lowest BCUT2D eigenvalue weighted by atomic mass is 10.2. The predicted octanol–water partition coefficient (Wildman–Crippen LogP) is 2.44. The van der Waals surface area contributed by atoms with Crippen LogP contribution in [0.3, 0.4) is 0 Å². The molecule has 0 unspecified atom stereocenters. The molecule has 1 heterocycles. The molecule has 0 aliphatic heterocycles. The highest BCUT2D eigenvalue weighted by atomic mass is 79.9. The van der Waals surface area contributed by atoms with Crippen molar-refractivity contribution in [1.29, 1.82) is 0 Å². The summed E-state index contributed by atoms with van der Waals surface area (Å²) in [7, 11) is -3.37. The molecule has 0 amide bonds. The Hall–Kier alpha value is -1.40. The summed E-state index contributed by atoms with van der Waals surface area (Å²) in [5.74, 6) is 0.0306. The van der Waals surface area contributed by atoms with E-state index in [1.165, 1.54) is 6.07 Å². The van der Waals surface area contributed by atoms with Gasteiger partial charge in [-0.1, -0.05) is 15.9 Å². The van der Waals surface area contributed by atoms with E-state index in [4.69, 9.17) is 5.73 Å². The summed E-state index contributed by atoms with van der Waals surface area (Å²) in [5.41, 5.74) is 6.96. The first kappa shape index (κ1) is 14.0. The third kappa shape index (κ3) is 3.54. The number of benzene rings is 1. The van der Waals surface area contributed by atoms with Gasteiger partial charge in [-0.15, -0.1) is 0 Å². The molecule has 0 atom stereocenters. The molecule has 4 nitrogen and oxygen atoms in total. The summed E-state index contributed by atoms with van der Waals surface area (Å²) in [6.07, 6.45) is 3.74. The monoisotopic (exact) mass is 340 g/mol. The van der Waals surface area contributed by atoms with Crippen molar-refractivity contribution in [2.75, 3.05) is 11.5 Å². The molecule has 2 N–H and O–H groups in total. The number of pyridine rings is 1. The summed E-state index contributed by atoms with van der Waals surface area (Å²) >= 11 is 3.26. The van der Waals surface area contributed by atoms with E-state index in [1.807, 2.05) is 0 Å². The van der Waals surface area contributed by atoms with E-state index in [0.717, 1.165) is 10.0 Å². The van der Waals surface area contributed by atoms with Gasteiger partial charge in [-0.25, -0.2) is 8.42 Å². The summed E-state index contributed by atoms with van der Waals surface area (Å²) in [4.78, 5) is 4.08. The Morgan fingerprint density at radius 2 is 1.84 bits per heavy atom. The van der Waals surface area contributed by atoms with Crippen LogP contribution in [0.25, 0.3) is 0 Å². The zero-order valence-electron chi connectivity index (χ0n) is 10.1. The number of anilines is 1. The fraction of sp³-hybridized carbons (Fsp3) is 0.154. The van der Waals surface area contributed by atoms with Crippen molar-refractivity contribution in [3.63, 3.8) is 0 Å². The van der Waals surface area contributed by atoms with Gasteiger partial charge in [0.25, 0.3) is 0 Å². The van der Waals surface area contributed by atoms with Crippen LogP contribution in [0.1, 0.15) is 5.56 Å². The van der Waals surface area contributed by atoms with Crippen molar-refractivity contribution in [3.8, 4) is 0 Å². The Morgan fingerprint density at radius 3 is 2.47 bits per heavy atom. The summed E-state index contributed by atoms with van der Waals surface area (Å²) in [5, 5.41) is 0. The number of sulfone groups is 1. The number of nitrogens with zero attached hydrogens (tertiary/aromatic N) is 1. The Labute approximate surface area is 120 Å². The number of halogens is 1. The van der Waals surface area contributed by atoms with Gasteiger partial charge < -0.3 is 5.73 Å². The van der Waals surface area contributed by atoms with Crippen molar-refractivity contribution in [2.45, 2.75) is 11.3 Å². The molecule has 100 valence electrons. The molecule has 1 aromatic carbocycles. The van der Waals surface area contributed by atoms with Gasteiger partial charge in [0.15, 0.2) is 9.84 Å². The van der Waals surface area contributed by atoms with Crippen molar-refractivity contribution in [2.24, 2.45) is 0 Å². The fourth-order valence-corrected chi connectivity index (χ4v) is 3.51. The van der Waals surface area contributed by atoms with Crippen LogP contribution in [-0.4, -0.2) is 19.2 Å². The van der Waals surface area contributed by atoms with Crippen LogP contribution in [0.5, 0.6) is 0 Å². The topological polar surface area (TPSA) is 73.1 Å². The van der Waals surface area contributed by atoms with E-state index >= 15 is 0 Å². The Bertz CT molecular complexity index is 672. The number of nitrogens with two attached hydrogens (primary N) is 1. The Balaban J connectivity index is 2.19. The minimum Gasteiger partial charge on any atom is -0.398 e. The number of aryl methyl sites for hydroxylation is 1. The average Bonchev–Trinajstić information content (AvgIpc) is 2.37. The predicted molar refractivity (Wildman–Crippen MR) is 78.5 cm³/mol. The number of hydrogen-bond acceptors (Lipinski definition) is 4. The first-order valence-corrected chi connectivity index (χ1v) is 8.10. The van der Waals surface area contributed by atoms with Crippen molar-refractivity contribution in [3.05, 3.63) is 52.8 Å². The average molecular weight is 341 g/mol. The third-order valence-corrected chi connectivity index (χ3v) is 4.99. The second-order valence-electron chi connectivity index (χ2n) is 4.11. The lowest BCUT2D eigenvalue weighted by Crippen LogP contribution is -2.11. The lowest BCUT2D eigenvalue weighted by molar-refractivity contribution is 0.595. The van der Waals surface area contributed by atoms with Crippen LogP contribution in [0.2, 0.25) is 0 Å². The summed E-state index contributed by atoms with van der Waals surface area (Å²) < 4.78 is 25.2. The van der Waals surface area contributed by atoms with Crippen LogP contribution in [0, 0.1) is 0 Å². The van der Waals surface area contributed by atoms with Gasteiger partial charge in [-0.05, 0) is 42.3 Å². The molecule has 0 aliphatic carbocycles. The third-order valence-electron chi connectivity index (χ3n) is 2.72. The molecule has 0 saturated heterocycles. The molecule has 19 heavy (non-hydrogen) atoms. The highest BCUT2D eigenvalue weighted by Gasteiger charge is 2.17. The minimum absolute atomic E-state index is 0.0306. The van der Waals surface area contributed by atoms with E-state index in [9.17, 15) is 8.42 Å². The summed E-state index contributed by atoms with van der Waals surface area (Å²) in [6.45, 7) is 0. The molecule has 1 aromatic heterocycles. The minimum atomic E-state index is -3.37. The fourth-order valence-electron chi connectivity index (χ4n) is 1.71. The molecular weight excluding hydrogens is 328 g/mol. The van der Waals surface area contributed by atoms with Crippen LogP contribution in [0.4, 0.5) is 5.69 Å². The molecule has 0 bridgehead atoms.